The molecule has 0 aliphatic heterocycles. The molecule has 1 amide bonds. The molecule has 1 aliphatic rings. The molecule has 0 radical (unpaired) electrons. The average Bonchev–Trinajstić information content (AvgIpc) is 3.25. The summed E-state index contributed by atoms with van der Waals surface area (Å²) in [6.45, 7) is 4.66. The summed E-state index contributed by atoms with van der Waals surface area (Å²) in [6.07, 6.45) is 2.69. The summed E-state index contributed by atoms with van der Waals surface area (Å²) in [5.41, 5.74) is 6.85. The number of nitrogens with one attached hydrogen (secondary N) is 1. The van der Waals surface area contributed by atoms with E-state index in [-0.39, 0.29) is 29.8 Å². The summed E-state index contributed by atoms with van der Waals surface area (Å²) < 4.78 is 1.07. The largest absolute Gasteiger partial charge is 0.349 e. The van der Waals surface area contributed by atoms with E-state index in [1.54, 1.807) is 0 Å². The van der Waals surface area contributed by atoms with Crippen LogP contribution in [0.3, 0.4) is 0 Å². The first-order valence-electron chi connectivity index (χ1n) is 7.32. The molecule has 0 bridgehead atoms. The molecule has 1 fully saturated rings. The zero-order chi connectivity index (χ0) is 14.8. The lowest BCUT2D eigenvalue weighted by Crippen LogP contribution is -2.53. The molecule has 2 atom stereocenters. The van der Waals surface area contributed by atoms with Gasteiger partial charge in [0.1, 0.15) is 0 Å². The van der Waals surface area contributed by atoms with Gasteiger partial charge in [0.15, 0.2) is 0 Å². The Bertz CT molecular complexity index is 483. The van der Waals surface area contributed by atoms with Gasteiger partial charge in [0.05, 0.1) is 5.54 Å². The van der Waals surface area contributed by atoms with Crippen molar-refractivity contribution in [3.63, 3.8) is 0 Å². The van der Waals surface area contributed by atoms with Gasteiger partial charge in [-0.05, 0) is 42.9 Å². The fraction of sp³-hybridized carbons (Fsp3) is 0.562. The Morgan fingerprint density at radius 3 is 2.62 bits per heavy atom. The predicted molar refractivity (Wildman–Crippen MR) is 92.7 cm³/mol. The minimum absolute atomic E-state index is 0. The number of hydrogen-bond donors (Lipinski definition) is 2. The van der Waals surface area contributed by atoms with E-state index in [9.17, 15) is 4.79 Å². The second kappa shape index (κ2) is 7.61. The molecule has 21 heavy (non-hydrogen) atoms. The summed E-state index contributed by atoms with van der Waals surface area (Å²) in [5, 5.41) is 3.18. The molecule has 0 saturated heterocycles. The third-order valence-corrected chi connectivity index (χ3v) is 5.03. The number of carbonyl (C=O) groups is 1. The highest BCUT2D eigenvalue weighted by molar-refractivity contribution is 9.10. The molecular formula is C16H24BrClN2O. The van der Waals surface area contributed by atoms with Gasteiger partial charge in [-0.15, -0.1) is 12.4 Å². The first kappa shape index (κ1) is 18.5. The number of halogens is 2. The Hall–Kier alpha value is -0.580. The van der Waals surface area contributed by atoms with Crippen molar-refractivity contribution in [1.82, 2.24) is 5.32 Å². The van der Waals surface area contributed by atoms with Crippen LogP contribution in [0, 0.1) is 5.92 Å². The minimum atomic E-state index is -0.235. The van der Waals surface area contributed by atoms with Crippen LogP contribution in [0.25, 0.3) is 0 Å². The molecule has 1 saturated carbocycles. The van der Waals surface area contributed by atoms with E-state index >= 15 is 0 Å². The van der Waals surface area contributed by atoms with Crippen molar-refractivity contribution in [3.8, 4) is 0 Å². The SMILES string of the molecule is CCC(CC)(CN)NC(=O)C1CC1c1cccc(Br)c1.Cl. The number of carbonyl (C=O) groups excluding carboxylic acids is 1. The van der Waals surface area contributed by atoms with Crippen LogP contribution in [-0.2, 0) is 4.79 Å². The lowest BCUT2D eigenvalue weighted by molar-refractivity contribution is -0.124. The molecule has 2 unspecified atom stereocenters. The van der Waals surface area contributed by atoms with Crippen LogP contribution in [0.15, 0.2) is 28.7 Å². The van der Waals surface area contributed by atoms with Crippen LogP contribution in [0.5, 0.6) is 0 Å². The third-order valence-electron chi connectivity index (χ3n) is 4.54. The molecule has 3 nitrogen and oxygen atoms in total. The molecule has 5 heteroatoms. The van der Waals surface area contributed by atoms with Crippen molar-refractivity contribution in [3.05, 3.63) is 34.3 Å². The van der Waals surface area contributed by atoms with Gasteiger partial charge >= 0.3 is 0 Å². The lowest BCUT2D eigenvalue weighted by Gasteiger charge is -2.31. The Balaban J connectivity index is 0.00000220. The van der Waals surface area contributed by atoms with E-state index in [1.165, 1.54) is 5.56 Å². The fourth-order valence-corrected chi connectivity index (χ4v) is 3.13. The lowest BCUT2D eigenvalue weighted by atomic mass is 9.92. The monoisotopic (exact) mass is 374 g/mol. The summed E-state index contributed by atoms with van der Waals surface area (Å²) in [6, 6.07) is 8.23. The van der Waals surface area contributed by atoms with Gasteiger partial charge in [-0.1, -0.05) is 41.9 Å². The molecule has 3 N–H and O–H groups in total. The number of nitrogens with two attached hydrogens (primary N) is 1. The van der Waals surface area contributed by atoms with E-state index in [4.69, 9.17) is 5.73 Å². The van der Waals surface area contributed by atoms with Crippen molar-refractivity contribution < 1.29 is 4.79 Å². The van der Waals surface area contributed by atoms with Crippen LogP contribution < -0.4 is 11.1 Å². The zero-order valence-corrected chi connectivity index (χ0v) is 15.0. The number of hydrogen-bond acceptors (Lipinski definition) is 2. The molecule has 1 aliphatic carbocycles. The van der Waals surface area contributed by atoms with Crippen LogP contribution >= 0.6 is 28.3 Å². The molecule has 2 rings (SSSR count). The van der Waals surface area contributed by atoms with Gasteiger partial charge in [0, 0.05) is 16.9 Å². The molecule has 0 spiro atoms. The molecule has 118 valence electrons. The van der Waals surface area contributed by atoms with Crippen LogP contribution in [0.2, 0.25) is 0 Å². The van der Waals surface area contributed by atoms with Crippen molar-refractivity contribution >= 4 is 34.2 Å². The molecular weight excluding hydrogens is 352 g/mol. The van der Waals surface area contributed by atoms with E-state index in [0.29, 0.717) is 12.5 Å². The van der Waals surface area contributed by atoms with E-state index < -0.39 is 0 Å². The number of amides is 1. The third kappa shape index (κ3) is 4.21. The smallest absolute Gasteiger partial charge is 0.224 e. The van der Waals surface area contributed by atoms with Crippen LogP contribution in [-0.4, -0.2) is 18.0 Å². The highest BCUT2D eigenvalue weighted by Gasteiger charge is 2.45. The van der Waals surface area contributed by atoms with Gasteiger partial charge in [0.25, 0.3) is 0 Å². The second-order valence-corrected chi connectivity index (χ2v) is 6.60. The van der Waals surface area contributed by atoms with Crippen molar-refractivity contribution in [2.24, 2.45) is 11.7 Å². The van der Waals surface area contributed by atoms with Gasteiger partial charge in [-0.2, -0.15) is 0 Å². The molecule has 0 heterocycles. The first-order chi connectivity index (χ1) is 9.55. The first-order valence-corrected chi connectivity index (χ1v) is 8.12. The Kier molecular flexibility index (Phi) is 6.70. The highest BCUT2D eigenvalue weighted by Crippen LogP contribution is 2.48. The molecule has 1 aromatic carbocycles. The fourth-order valence-electron chi connectivity index (χ4n) is 2.71. The van der Waals surface area contributed by atoms with Gasteiger partial charge in [-0.3, -0.25) is 4.79 Å². The van der Waals surface area contributed by atoms with Gasteiger partial charge < -0.3 is 11.1 Å². The van der Waals surface area contributed by atoms with E-state index in [0.717, 1.165) is 23.7 Å². The van der Waals surface area contributed by atoms with Gasteiger partial charge in [-0.25, -0.2) is 0 Å². The van der Waals surface area contributed by atoms with Crippen molar-refractivity contribution in [2.45, 2.75) is 44.6 Å². The maximum Gasteiger partial charge on any atom is 0.224 e. The second-order valence-electron chi connectivity index (χ2n) is 5.68. The Morgan fingerprint density at radius 1 is 1.43 bits per heavy atom. The number of rotatable bonds is 6. The maximum absolute atomic E-state index is 12.4. The summed E-state index contributed by atoms with van der Waals surface area (Å²) in [5.74, 6) is 0.620. The topological polar surface area (TPSA) is 55.1 Å². The van der Waals surface area contributed by atoms with Crippen LogP contribution in [0.4, 0.5) is 0 Å². The Labute approximate surface area is 141 Å². The molecule has 0 aromatic heterocycles. The van der Waals surface area contributed by atoms with Crippen molar-refractivity contribution in [1.29, 1.82) is 0 Å². The highest BCUT2D eigenvalue weighted by atomic mass is 79.9. The summed E-state index contributed by atoms with van der Waals surface area (Å²) in [4.78, 5) is 12.4. The maximum atomic E-state index is 12.4. The van der Waals surface area contributed by atoms with E-state index in [2.05, 4.69) is 47.2 Å². The summed E-state index contributed by atoms with van der Waals surface area (Å²) >= 11 is 3.48. The van der Waals surface area contributed by atoms with Gasteiger partial charge in [0.2, 0.25) is 5.91 Å². The average molecular weight is 376 g/mol. The normalized spacial score (nSPS) is 20.6. The molecule has 1 aromatic rings. The van der Waals surface area contributed by atoms with Crippen LogP contribution in [0.1, 0.15) is 44.6 Å². The predicted octanol–water partition coefficient (Wildman–Crippen LogP) is 3.61. The minimum Gasteiger partial charge on any atom is -0.349 e. The zero-order valence-electron chi connectivity index (χ0n) is 12.6. The quantitative estimate of drug-likeness (QED) is 0.798. The number of benzene rings is 1. The standard InChI is InChI=1S/C16H23BrN2O.ClH/c1-3-16(4-2,10-18)19-15(20)14-9-13(14)11-6-5-7-12(17)8-11;/h5-8,13-14H,3-4,9-10,18H2,1-2H3,(H,19,20);1H. The Morgan fingerprint density at radius 2 is 2.10 bits per heavy atom. The summed E-state index contributed by atoms with van der Waals surface area (Å²) in [7, 11) is 0. The van der Waals surface area contributed by atoms with E-state index in [1.807, 2.05) is 12.1 Å². The van der Waals surface area contributed by atoms with Crippen molar-refractivity contribution in [2.75, 3.05) is 6.54 Å².